The number of hydrogen-bond acceptors (Lipinski definition) is 3. The molecule has 94 valence electrons. The van der Waals surface area contributed by atoms with Gasteiger partial charge >= 0.3 is 0 Å². The standard InChI is InChI=1S/C13H26N2O/c1-3-15(12-8-13(9-12)16-2)10-11-6-4-5-7-14-11/h11-14H,3-10H2,1-2H3. The van der Waals surface area contributed by atoms with E-state index in [4.69, 9.17) is 4.74 Å². The van der Waals surface area contributed by atoms with Crippen LogP contribution >= 0.6 is 0 Å². The Kier molecular flexibility index (Phi) is 4.62. The number of rotatable bonds is 5. The number of likely N-dealkylation sites (N-methyl/N-ethyl adjacent to an activating group) is 1. The topological polar surface area (TPSA) is 24.5 Å². The summed E-state index contributed by atoms with van der Waals surface area (Å²) >= 11 is 0. The lowest BCUT2D eigenvalue weighted by Crippen LogP contribution is -2.52. The van der Waals surface area contributed by atoms with Crippen LogP contribution in [0.25, 0.3) is 0 Å². The van der Waals surface area contributed by atoms with Crippen molar-refractivity contribution in [1.29, 1.82) is 0 Å². The van der Waals surface area contributed by atoms with Gasteiger partial charge in [-0.2, -0.15) is 0 Å². The summed E-state index contributed by atoms with van der Waals surface area (Å²) in [6.45, 7) is 5.91. The second kappa shape index (κ2) is 5.99. The van der Waals surface area contributed by atoms with Crippen LogP contribution in [0.15, 0.2) is 0 Å². The second-order valence-electron chi connectivity index (χ2n) is 5.22. The number of nitrogens with zero attached hydrogens (tertiary/aromatic N) is 1. The van der Waals surface area contributed by atoms with Crippen molar-refractivity contribution in [3.8, 4) is 0 Å². The molecule has 2 rings (SSSR count). The fourth-order valence-corrected chi connectivity index (χ4v) is 2.93. The molecular weight excluding hydrogens is 200 g/mol. The van der Waals surface area contributed by atoms with Crippen molar-refractivity contribution in [3.63, 3.8) is 0 Å². The first-order chi connectivity index (χ1) is 7.83. The van der Waals surface area contributed by atoms with Crippen molar-refractivity contribution in [3.05, 3.63) is 0 Å². The zero-order chi connectivity index (χ0) is 11.4. The van der Waals surface area contributed by atoms with E-state index in [1.807, 2.05) is 7.11 Å². The minimum Gasteiger partial charge on any atom is -0.381 e. The lowest BCUT2D eigenvalue weighted by atomic mass is 9.87. The van der Waals surface area contributed by atoms with Gasteiger partial charge in [-0.05, 0) is 38.8 Å². The average Bonchev–Trinajstić information content (AvgIpc) is 2.27. The Labute approximate surface area is 99.5 Å². The molecule has 3 heteroatoms. The van der Waals surface area contributed by atoms with E-state index in [9.17, 15) is 0 Å². The highest BCUT2D eigenvalue weighted by molar-refractivity contribution is 4.89. The Balaban J connectivity index is 1.72. The molecule has 3 nitrogen and oxygen atoms in total. The highest BCUT2D eigenvalue weighted by Crippen LogP contribution is 2.28. The van der Waals surface area contributed by atoms with Gasteiger partial charge in [-0.25, -0.2) is 0 Å². The van der Waals surface area contributed by atoms with E-state index >= 15 is 0 Å². The van der Waals surface area contributed by atoms with Crippen molar-refractivity contribution in [1.82, 2.24) is 10.2 Å². The van der Waals surface area contributed by atoms with E-state index in [0.717, 1.165) is 12.1 Å². The van der Waals surface area contributed by atoms with Crippen LogP contribution in [0.4, 0.5) is 0 Å². The van der Waals surface area contributed by atoms with Gasteiger partial charge in [0.1, 0.15) is 0 Å². The molecule has 1 aliphatic heterocycles. The first-order valence-electron chi connectivity index (χ1n) is 6.83. The Morgan fingerprint density at radius 2 is 2.12 bits per heavy atom. The maximum Gasteiger partial charge on any atom is 0.0601 e. The first-order valence-corrected chi connectivity index (χ1v) is 6.83. The summed E-state index contributed by atoms with van der Waals surface area (Å²) in [5, 5.41) is 3.64. The molecule has 2 fully saturated rings. The van der Waals surface area contributed by atoms with Crippen LogP contribution in [0.1, 0.15) is 39.0 Å². The molecule has 0 amide bonds. The van der Waals surface area contributed by atoms with E-state index < -0.39 is 0 Å². The van der Waals surface area contributed by atoms with Gasteiger partial charge in [-0.1, -0.05) is 13.3 Å². The Hall–Kier alpha value is -0.120. The predicted octanol–water partition coefficient (Wildman–Crippen LogP) is 1.63. The molecule has 1 unspecified atom stereocenters. The number of methoxy groups -OCH3 is 1. The molecule has 1 saturated carbocycles. The van der Waals surface area contributed by atoms with E-state index in [-0.39, 0.29) is 0 Å². The van der Waals surface area contributed by atoms with Crippen molar-refractivity contribution >= 4 is 0 Å². The van der Waals surface area contributed by atoms with Gasteiger partial charge in [0.25, 0.3) is 0 Å². The molecule has 0 aromatic rings. The molecule has 0 radical (unpaired) electrons. The van der Waals surface area contributed by atoms with Crippen LogP contribution in [0, 0.1) is 0 Å². The molecule has 1 saturated heterocycles. The number of ether oxygens (including phenoxy) is 1. The largest absolute Gasteiger partial charge is 0.381 e. The normalized spacial score (nSPS) is 35.1. The van der Waals surface area contributed by atoms with Crippen LogP contribution in [0.3, 0.4) is 0 Å². The molecular formula is C13H26N2O. The van der Waals surface area contributed by atoms with Crippen molar-refractivity contribution in [2.24, 2.45) is 0 Å². The summed E-state index contributed by atoms with van der Waals surface area (Å²) in [7, 11) is 1.83. The van der Waals surface area contributed by atoms with Crippen LogP contribution in [0.5, 0.6) is 0 Å². The van der Waals surface area contributed by atoms with Crippen LogP contribution in [-0.2, 0) is 4.74 Å². The highest BCUT2D eigenvalue weighted by Gasteiger charge is 2.33. The Morgan fingerprint density at radius 3 is 2.69 bits per heavy atom. The lowest BCUT2D eigenvalue weighted by Gasteiger charge is -2.43. The number of piperidine rings is 1. The summed E-state index contributed by atoms with van der Waals surface area (Å²) in [4.78, 5) is 2.64. The van der Waals surface area contributed by atoms with Gasteiger partial charge in [0.2, 0.25) is 0 Å². The van der Waals surface area contributed by atoms with Gasteiger partial charge in [-0.3, -0.25) is 4.90 Å². The highest BCUT2D eigenvalue weighted by atomic mass is 16.5. The molecule has 2 aliphatic rings. The molecule has 1 aliphatic carbocycles. The first kappa shape index (κ1) is 12.3. The van der Waals surface area contributed by atoms with E-state index in [1.165, 1.54) is 51.7 Å². The maximum atomic E-state index is 5.36. The van der Waals surface area contributed by atoms with Crippen LogP contribution in [-0.4, -0.2) is 49.8 Å². The van der Waals surface area contributed by atoms with Gasteiger partial charge in [0.15, 0.2) is 0 Å². The molecule has 1 heterocycles. The monoisotopic (exact) mass is 226 g/mol. The lowest BCUT2D eigenvalue weighted by molar-refractivity contribution is -0.0286. The predicted molar refractivity (Wildman–Crippen MR) is 66.7 cm³/mol. The zero-order valence-corrected chi connectivity index (χ0v) is 10.7. The van der Waals surface area contributed by atoms with Gasteiger partial charge < -0.3 is 10.1 Å². The molecule has 0 bridgehead atoms. The fraction of sp³-hybridized carbons (Fsp3) is 1.00. The summed E-state index contributed by atoms with van der Waals surface area (Å²) < 4.78 is 5.36. The summed E-state index contributed by atoms with van der Waals surface area (Å²) in [6, 6.07) is 1.51. The van der Waals surface area contributed by atoms with Crippen LogP contribution in [0.2, 0.25) is 0 Å². The maximum absolute atomic E-state index is 5.36. The molecule has 16 heavy (non-hydrogen) atoms. The van der Waals surface area contributed by atoms with E-state index in [2.05, 4.69) is 17.1 Å². The van der Waals surface area contributed by atoms with Gasteiger partial charge in [-0.15, -0.1) is 0 Å². The summed E-state index contributed by atoms with van der Waals surface area (Å²) in [5.41, 5.74) is 0. The molecule has 1 atom stereocenters. The minimum absolute atomic E-state index is 0.526. The van der Waals surface area contributed by atoms with Gasteiger partial charge in [0, 0.05) is 25.7 Å². The Morgan fingerprint density at radius 1 is 1.31 bits per heavy atom. The van der Waals surface area contributed by atoms with E-state index in [1.54, 1.807) is 0 Å². The van der Waals surface area contributed by atoms with Crippen molar-refractivity contribution < 1.29 is 4.74 Å². The SMILES string of the molecule is CCN(CC1CCCCN1)C1CC(OC)C1. The number of nitrogens with one attached hydrogen (secondary N) is 1. The molecule has 0 aromatic heterocycles. The minimum atomic E-state index is 0.526. The van der Waals surface area contributed by atoms with Crippen LogP contribution < -0.4 is 5.32 Å². The van der Waals surface area contributed by atoms with E-state index in [0.29, 0.717) is 6.10 Å². The fourth-order valence-electron chi connectivity index (χ4n) is 2.93. The van der Waals surface area contributed by atoms with Gasteiger partial charge in [0.05, 0.1) is 6.10 Å². The second-order valence-corrected chi connectivity index (χ2v) is 5.22. The van der Waals surface area contributed by atoms with Crippen molar-refractivity contribution in [2.75, 3.05) is 26.7 Å². The van der Waals surface area contributed by atoms with Crippen molar-refractivity contribution in [2.45, 2.75) is 57.2 Å². The molecule has 1 N–H and O–H groups in total. The zero-order valence-electron chi connectivity index (χ0n) is 10.7. The molecule has 0 aromatic carbocycles. The third kappa shape index (κ3) is 2.96. The quantitative estimate of drug-likeness (QED) is 0.771. The third-order valence-corrected chi connectivity index (χ3v) is 4.19. The number of hydrogen-bond donors (Lipinski definition) is 1. The average molecular weight is 226 g/mol. The molecule has 0 spiro atoms. The summed E-state index contributed by atoms with van der Waals surface area (Å²) in [5.74, 6) is 0. The third-order valence-electron chi connectivity index (χ3n) is 4.19. The smallest absolute Gasteiger partial charge is 0.0601 e. The summed E-state index contributed by atoms with van der Waals surface area (Å²) in [6.07, 6.45) is 7.11. The Bertz CT molecular complexity index is 198.